The molecule has 1 unspecified atom stereocenters. The number of rotatable bonds is 3. The van der Waals surface area contributed by atoms with E-state index < -0.39 is 9.84 Å². The van der Waals surface area contributed by atoms with Gasteiger partial charge < -0.3 is 0 Å². The van der Waals surface area contributed by atoms with E-state index in [-0.39, 0.29) is 17.5 Å². The Labute approximate surface area is 108 Å². The average Bonchev–Trinajstić information content (AvgIpc) is 2.46. The smallest absolute Gasteiger partial charge is 0.166 e. The Bertz CT molecular complexity index is 546. The quantitative estimate of drug-likeness (QED) is 0.788. The van der Waals surface area contributed by atoms with E-state index >= 15 is 0 Å². The van der Waals surface area contributed by atoms with E-state index in [0.717, 1.165) is 30.4 Å². The highest BCUT2D eigenvalue weighted by atomic mass is 32.2. The molecule has 1 aromatic carbocycles. The Kier molecular flexibility index (Phi) is 3.85. The number of aryl methyl sites for hydroxylation is 1. The standard InChI is InChI=1S/C14H18O3S/c1-18(16,17)10-9-12-7-4-6-11-5-2-3-8-13(11)14(12)15/h2-3,5,8,12H,4,6-7,9-10H2,1H3. The van der Waals surface area contributed by atoms with Gasteiger partial charge in [-0.05, 0) is 31.2 Å². The van der Waals surface area contributed by atoms with Crippen LogP contribution in [0.15, 0.2) is 24.3 Å². The average molecular weight is 266 g/mol. The number of sulfone groups is 1. The number of benzene rings is 1. The maximum atomic E-state index is 12.4. The van der Waals surface area contributed by atoms with Crippen LogP contribution in [0.3, 0.4) is 0 Å². The van der Waals surface area contributed by atoms with Crippen LogP contribution in [0.2, 0.25) is 0 Å². The maximum absolute atomic E-state index is 12.4. The SMILES string of the molecule is CS(=O)(=O)CCC1CCCc2ccccc2C1=O. The fraction of sp³-hybridized carbons (Fsp3) is 0.500. The van der Waals surface area contributed by atoms with E-state index in [1.165, 1.54) is 6.26 Å². The molecule has 0 saturated heterocycles. The van der Waals surface area contributed by atoms with Gasteiger partial charge in [0.25, 0.3) is 0 Å². The van der Waals surface area contributed by atoms with E-state index in [9.17, 15) is 13.2 Å². The van der Waals surface area contributed by atoms with E-state index in [1.54, 1.807) is 0 Å². The van der Waals surface area contributed by atoms with Crippen LogP contribution in [0.5, 0.6) is 0 Å². The highest BCUT2D eigenvalue weighted by Gasteiger charge is 2.25. The molecule has 0 radical (unpaired) electrons. The molecule has 0 saturated carbocycles. The summed E-state index contributed by atoms with van der Waals surface area (Å²) < 4.78 is 22.4. The zero-order chi connectivity index (χ0) is 13.2. The third kappa shape index (κ3) is 3.19. The van der Waals surface area contributed by atoms with Crippen LogP contribution < -0.4 is 0 Å². The summed E-state index contributed by atoms with van der Waals surface area (Å²) in [5.41, 5.74) is 1.89. The van der Waals surface area contributed by atoms with Crippen LogP contribution in [0.1, 0.15) is 35.2 Å². The van der Waals surface area contributed by atoms with Crippen LogP contribution >= 0.6 is 0 Å². The van der Waals surface area contributed by atoms with Crippen molar-refractivity contribution >= 4 is 15.6 Å². The van der Waals surface area contributed by atoms with Gasteiger partial charge in [-0.2, -0.15) is 0 Å². The Morgan fingerprint density at radius 3 is 2.72 bits per heavy atom. The van der Waals surface area contributed by atoms with Gasteiger partial charge >= 0.3 is 0 Å². The summed E-state index contributed by atoms with van der Waals surface area (Å²) in [6.45, 7) is 0. The summed E-state index contributed by atoms with van der Waals surface area (Å²) in [6.07, 6.45) is 4.34. The molecule has 0 amide bonds. The largest absolute Gasteiger partial charge is 0.294 e. The summed E-state index contributed by atoms with van der Waals surface area (Å²) in [4.78, 5) is 12.4. The number of hydrogen-bond donors (Lipinski definition) is 0. The normalized spacial score (nSPS) is 20.3. The van der Waals surface area contributed by atoms with Crippen molar-refractivity contribution in [2.24, 2.45) is 5.92 Å². The van der Waals surface area contributed by atoms with Crippen molar-refractivity contribution in [3.63, 3.8) is 0 Å². The second-order valence-electron chi connectivity index (χ2n) is 5.03. The first-order chi connectivity index (χ1) is 8.47. The van der Waals surface area contributed by atoms with Gasteiger partial charge in [0.2, 0.25) is 0 Å². The molecule has 0 fully saturated rings. The molecular weight excluding hydrogens is 248 g/mol. The number of fused-ring (bicyclic) bond motifs is 1. The Balaban J connectivity index is 2.18. The summed E-state index contributed by atoms with van der Waals surface area (Å²) in [7, 11) is -2.99. The number of hydrogen-bond acceptors (Lipinski definition) is 3. The topological polar surface area (TPSA) is 51.2 Å². The molecule has 0 bridgehead atoms. The fourth-order valence-corrected chi connectivity index (χ4v) is 3.21. The summed E-state index contributed by atoms with van der Waals surface area (Å²) in [6, 6.07) is 7.67. The fourth-order valence-electron chi connectivity index (χ4n) is 2.50. The third-order valence-corrected chi connectivity index (χ3v) is 4.47. The van der Waals surface area contributed by atoms with Crippen LogP contribution in [0, 0.1) is 5.92 Å². The van der Waals surface area contributed by atoms with Gasteiger partial charge in [-0.25, -0.2) is 8.42 Å². The lowest BCUT2D eigenvalue weighted by Gasteiger charge is -2.12. The third-order valence-electron chi connectivity index (χ3n) is 3.49. The minimum absolute atomic E-state index is 0.103. The molecule has 1 aliphatic carbocycles. The predicted molar refractivity (Wildman–Crippen MR) is 71.5 cm³/mol. The van der Waals surface area contributed by atoms with Gasteiger partial charge in [-0.15, -0.1) is 0 Å². The molecule has 1 aliphatic rings. The molecule has 2 rings (SSSR count). The summed E-state index contributed by atoms with van der Waals surface area (Å²) in [5.74, 6) is 0.0843. The van der Waals surface area contributed by atoms with Crippen molar-refractivity contribution in [3.05, 3.63) is 35.4 Å². The predicted octanol–water partition coefficient (Wildman–Crippen LogP) is 2.26. The molecule has 0 aliphatic heterocycles. The molecule has 0 aromatic heterocycles. The monoisotopic (exact) mass is 266 g/mol. The molecular formula is C14H18O3S. The molecule has 1 aromatic rings. The van der Waals surface area contributed by atoms with E-state index in [2.05, 4.69) is 0 Å². The van der Waals surface area contributed by atoms with E-state index in [4.69, 9.17) is 0 Å². The van der Waals surface area contributed by atoms with Gasteiger partial charge in [0.05, 0.1) is 5.75 Å². The first-order valence-electron chi connectivity index (χ1n) is 6.27. The lowest BCUT2D eigenvalue weighted by atomic mass is 9.93. The zero-order valence-electron chi connectivity index (χ0n) is 10.6. The number of Topliss-reactive ketones (excluding diaryl/α,β-unsaturated/α-hetero) is 1. The Morgan fingerprint density at radius 2 is 2.00 bits per heavy atom. The second kappa shape index (κ2) is 5.22. The first-order valence-corrected chi connectivity index (χ1v) is 8.33. The minimum atomic E-state index is -2.99. The second-order valence-corrected chi connectivity index (χ2v) is 7.29. The molecule has 98 valence electrons. The first kappa shape index (κ1) is 13.3. The minimum Gasteiger partial charge on any atom is -0.294 e. The van der Waals surface area contributed by atoms with Crippen LogP contribution in [0.25, 0.3) is 0 Å². The van der Waals surface area contributed by atoms with Gasteiger partial charge in [-0.3, -0.25) is 4.79 Å². The van der Waals surface area contributed by atoms with Gasteiger partial charge in [0.15, 0.2) is 5.78 Å². The maximum Gasteiger partial charge on any atom is 0.166 e. The molecule has 0 spiro atoms. The molecule has 4 heteroatoms. The number of carbonyl (C=O) groups is 1. The molecule has 3 nitrogen and oxygen atoms in total. The van der Waals surface area contributed by atoms with Crippen molar-refractivity contribution in [2.75, 3.05) is 12.0 Å². The van der Waals surface area contributed by atoms with Gasteiger partial charge in [0.1, 0.15) is 9.84 Å². The number of carbonyl (C=O) groups excluding carboxylic acids is 1. The number of ketones is 1. The van der Waals surface area contributed by atoms with Gasteiger partial charge in [-0.1, -0.05) is 24.3 Å². The van der Waals surface area contributed by atoms with E-state index in [0.29, 0.717) is 6.42 Å². The van der Waals surface area contributed by atoms with Crippen molar-refractivity contribution in [1.82, 2.24) is 0 Å². The highest BCUT2D eigenvalue weighted by molar-refractivity contribution is 7.90. The Morgan fingerprint density at radius 1 is 1.28 bits per heavy atom. The Hall–Kier alpha value is -1.16. The van der Waals surface area contributed by atoms with Crippen molar-refractivity contribution in [3.8, 4) is 0 Å². The van der Waals surface area contributed by atoms with E-state index in [1.807, 2.05) is 24.3 Å². The van der Waals surface area contributed by atoms with Crippen LogP contribution in [0.4, 0.5) is 0 Å². The molecule has 0 N–H and O–H groups in total. The van der Waals surface area contributed by atoms with Crippen molar-refractivity contribution in [1.29, 1.82) is 0 Å². The van der Waals surface area contributed by atoms with Gasteiger partial charge in [0, 0.05) is 17.7 Å². The zero-order valence-corrected chi connectivity index (χ0v) is 11.4. The lowest BCUT2D eigenvalue weighted by molar-refractivity contribution is 0.0913. The molecule has 18 heavy (non-hydrogen) atoms. The van der Waals surface area contributed by atoms with Crippen LogP contribution in [-0.2, 0) is 16.3 Å². The summed E-state index contributed by atoms with van der Waals surface area (Å²) >= 11 is 0. The molecule has 1 atom stereocenters. The molecule has 0 heterocycles. The summed E-state index contributed by atoms with van der Waals surface area (Å²) in [5, 5.41) is 0. The van der Waals surface area contributed by atoms with Crippen molar-refractivity contribution in [2.45, 2.75) is 25.7 Å². The van der Waals surface area contributed by atoms with Crippen molar-refractivity contribution < 1.29 is 13.2 Å². The van der Waals surface area contributed by atoms with Crippen LogP contribution in [-0.4, -0.2) is 26.2 Å². The lowest BCUT2D eigenvalue weighted by Crippen LogP contribution is -2.18. The highest BCUT2D eigenvalue weighted by Crippen LogP contribution is 2.26.